The van der Waals surface area contributed by atoms with Crippen molar-refractivity contribution in [3.63, 3.8) is 0 Å². The van der Waals surface area contributed by atoms with Crippen LogP contribution in [0.5, 0.6) is 0 Å². The van der Waals surface area contributed by atoms with Gasteiger partial charge in [-0.15, -0.1) is 0 Å². The lowest BCUT2D eigenvalue weighted by Gasteiger charge is -2.06. The summed E-state index contributed by atoms with van der Waals surface area (Å²) in [6.45, 7) is 4.55. The fraction of sp³-hybridized carbons (Fsp3) is 0.364. The van der Waals surface area contributed by atoms with Gasteiger partial charge in [-0.05, 0) is 19.4 Å². The molecule has 1 rings (SSSR count). The van der Waals surface area contributed by atoms with Crippen molar-refractivity contribution in [2.45, 2.75) is 24.3 Å². The number of carbonyl (C=O) groups excluding carboxylic acids is 1. The molecule has 14 heavy (non-hydrogen) atoms. The number of halogens is 1. The van der Waals surface area contributed by atoms with E-state index in [1.807, 2.05) is 19.1 Å². The molecule has 1 amide bonds. The molecule has 0 aromatic heterocycles. The number of alkyl halides is 1. The van der Waals surface area contributed by atoms with Gasteiger partial charge in [0.25, 0.3) is 0 Å². The second kappa shape index (κ2) is 5.34. The Kier molecular flexibility index (Phi) is 4.38. The Balaban J connectivity index is 2.46. The second-order valence-corrected chi connectivity index (χ2v) is 5.19. The highest BCUT2D eigenvalue weighted by Crippen LogP contribution is 2.03. The highest BCUT2D eigenvalue weighted by atomic mass is 127. The molecule has 0 fully saturated rings. The predicted molar refractivity (Wildman–Crippen MR) is 66.5 cm³/mol. The fourth-order valence-corrected chi connectivity index (χ4v) is 1.26. The van der Waals surface area contributed by atoms with Gasteiger partial charge in [-0.1, -0.05) is 52.4 Å². The van der Waals surface area contributed by atoms with Crippen LogP contribution in [0.2, 0.25) is 0 Å². The van der Waals surface area contributed by atoms with E-state index in [1.54, 1.807) is 0 Å². The molecule has 76 valence electrons. The molecule has 0 aliphatic heterocycles. The molecule has 3 heteroatoms. The van der Waals surface area contributed by atoms with Crippen molar-refractivity contribution in [1.29, 1.82) is 0 Å². The highest BCUT2D eigenvalue weighted by molar-refractivity contribution is 14.1. The molecule has 1 aromatic rings. The summed E-state index contributed by atoms with van der Waals surface area (Å²) in [5, 5.41) is 2.87. The van der Waals surface area contributed by atoms with E-state index in [0.717, 1.165) is 5.56 Å². The van der Waals surface area contributed by atoms with Gasteiger partial charge < -0.3 is 5.32 Å². The number of carbonyl (C=O) groups is 1. The van der Waals surface area contributed by atoms with E-state index in [4.69, 9.17) is 0 Å². The summed E-state index contributed by atoms with van der Waals surface area (Å²) in [6, 6.07) is 8.17. The maximum atomic E-state index is 11.3. The van der Waals surface area contributed by atoms with Crippen LogP contribution >= 0.6 is 22.6 Å². The van der Waals surface area contributed by atoms with Crippen LogP contribution in [-0.2, 0) is 11.3 Å². The van der Waals surface area contributed by atoms with Gasteiger partial charge in [-0.3, -0.25) is 4.79 Å². The summed E-state index contributed by atoms with van der Waals surface area (Å²) in [6.07, 6.45) is 0. The third-order valence-corrected chi connectivity index (χ3v) is 2.51. The summed E-state index contributed by atoms with van der Waals surface area (Å²) < 4.78 is 0.0260. The molecule has 0 heterocycles. The number of aryl methyl sites for hydroxylation is 1. The molecule has 0 bridgehead atoms. The molecule has 1 unspecified atom stereocenters. The van der Waals surface area contributed by atoms with E-state index >= 15 is 0 Å². The molecule has 0 saturated carbocycles. The first-order valence-corrected chi connectivity index (χ1v) is 5.81. The minimum atomic E-state index is 0.0260. The number of nitrogens with one attached hydrogen (secondary N) is 1. The van der Waals surface area contributed by atoms with E-state index in [1.165, 1.54) is 5.56 Å². The molecule has 2 nitrogen and oxygen atoms in total. The first-order valence-electron chi connectivity index (χ1n) is 4.57. The minimum absolute atomic E-state index is 0.0260. The monoisotopic (exact) mass is 303 g/mol. The zero-order valence-corrected chi connectivity index (χ0v) is 10.5. The highest BCUT2D eigenvalue weighted by Gasteiger charge is 2.06. The van der Waals surface area contributed by atoms with E-state index in [9.17, 15) is 4.79 Å². The second-order valence-electron chi connectivity index (χ2n) is 3.32. The van der Waals surface area contributed by atoms with E-state index in [0.29, 0.717) is 6.54 Å². The van der Waals surface area contributed by atoms with Crippen LogP contribution < -0.4 is 5.32 Å². The summed E-state index contributed by atoms with van der Waals surface area (Å²) in [7, 11) is 0. The quantitative estimate of drug-likeness (QED) is 0.674. The third kappa shape index (κ3) is 3.65. The van der Waals surface area contributed by atoms with Gasteiger partial charge >= 0.3 is 0 Å². The van der Waals surface area contributed by atoms with Gasteiger partial charge in [0.15, 0.2) is 0 Å². The first kappa shape index (κ1) is 11.5. The topological polar surface area (TPSA) is 29.1 Å². The van der Waals surface area contributed by atoms with Crippen molar-refractivity contribution >= 4 is 28.5 Å². The normalized spacial score (nSPS) is 12.2. The zero-order chi connectivity index (χ0) is 10.6. The Bertz CT molecular complexity index is 306. The molecule has 0 saturated heterocycles. The third-order valence-electron chi connectivity index (χ3n) is 1.95. The number of hydrogen-bond acceptors (Lipinski definition) is 1. The molecule has 0 spiro atoms. The standard InChI is InChI=1S/C11H14INO/c1-8-3-5-10(6-4-8)7-13-11(14)9(2)12/h3-6,9H,7H2,1-2H3,(H,13,14). The summed E-state index contributed by atoms with van der Waals surface area (Å²) >= 11 is 2.10. The fourth-order valence-electron chi connectivity index (χ4n) is 1.04. The van der Waals surface area contributed by atoms with Crippen LogP contribution in [0, 0.1) is 6.92 Å². The molecule has 0 aliphatic rings. The Labute approximate surface area is 98.2 Å². The maximum absolute atomic E-state index is 11.3. The van der Waals surface area contributed by atoms with Gasteiger partial charge in [-0.25, -0.2) is 0 Å². The lowest BCUT2D eigenvalue weighted by Crippen LogP contribution is -2.28. The van der Waals surface area contributed by atoms with Crippen molar-refractivity contribution in [3.8, 4) is 0 Å². The lowest BCUT2D eigenvalue weighted by molar-refractivity contribution is -0.120. The SMILES string of the molecule is Cc1ccc(CNC(=O)C(C)I)cc1. The van der Waals surface area contributed by atoms with Gasteiger partial charge in [-0.2, -0.15) is 0 Å². The van der Waals surface area contributed by atoms with Crippen molar-refractivity contribution < 1.29 is 4.79 Å². The van der Waals surface area contributed by atoms with Gasteiger partial charge in [0.1, 0.15) is 0 Å². The van der Waals surface area contributed by atoms with Crippen LogP contribution in [0.4, 0.5) is 0 Å². The summed E-state index contributed by atoms with van der Waals surface area (Å²) in [4.78, 5) is 11.3. The average Bonchev–Trinajstić information content (AvgIpc) is 2.16. The lowest BCUT2D eigenvalue weighted by atomic mass is 10.1. The van der Waals surface area contributed by atoms with E-state index in [-0.39, 0.29) is 9.83 Å². The molecule has 0 aliphatic carbocycles. The Hall–Kier alpha value is -0.580. The van der Waals surface area contributed by atoms with Gasteiger partial charge in [0, 0.05) is 6.54 Å². The van der Waals surface area contributed by atoms with Crippen molar-refractivity contribution in [2.75, 3.05) is 0 Å². The van der Waals surface area contributed by atoms with Crippen molar-refractivity contribution in [2.24, 2.45) is 0 Å². The number of rotatable bonds is 3. The van der Waals surface area contributed by atoms with Crippen LogP contribution in [-0.4, -0.2) is 9.83 Å². The predicted octanol–water partition coefficient (Wildman–Crippen LogP) is 2.43. The van der Waals surface area contributed by atoms with Crippen LogP contribution in [0.1, 0.15) is 18.1 Å². The van der Waals surface area contributed by atoms with Crippen LogP contribution in [0.15, 0.2) is 24.3 Å². The molecule has 1 aromatic carbocycles. The van der Waals surface area contributed by atoms with Crippen molar-refractivity contribution in [1.82, 2.24) is 5.32 Å². The Morgan fingerprint density at radius 3 is 2.50 bits per heavy atom. The number of benzene rings is 1. The van der Waals surface area contributed by atoms with E-state index < -0.39 is 0 Å². The molecular formula is C11H14INO. The van der Waals surface area contributed by atoms with Gasteiger partial charge in [0.05, 0.1) is 3.92 Å². The Morgan fingerprint density at radius 1 is 1.43 bits per heavy atom. The van der Waals surface area contributed by atoms with Gasteiger partial charge in [0.2, 0.25) is 5.91 Å². The average molecular weight is 303 g/mol. The number of amides is 1. The Morgan fingerprint density at radius 2 is 2.00 bits per heavy atom. The largest absolute Gasteiger partial charge is 0.351 e. The molecule has 0 radical (unpaired) electrons. The molecule has 1 atom stereocenters. The first-order chi connectivity index (χ1) is 6.59. The summed E-state index contributed by atoms with van der Waals surface area (Å²) in [5.74, 6) is 0.0891. The van der Waals surface area contributed by atoms with E-state index in [2.05, 4.69) is 47.0 Å². The molecular weight excluding hydrogens is 289 g/mol. The maximum Gasteiger partial charge on any atom is 0.232 e. The smallest absolute Gasteiger partial charge is 0.232 e. The molecule has 1 N–H and O–H groups in total. The van der Waals surface area contributed by atoms with Crippen LogP contribution in [0.3, 0.4) is 0 Å². The zero-order valence-electron chi connectivity index (χ0n) is 8.38. The van der Waals surface area contributed by atoms with Crippen LogP contribution in [0.25, 0.3) is 0 Å². The minimum Gasteiger partial charge on any atom is -0.351 e. The van der Waals surface area contributed by atoms with Crippen molar-refractivity contribution in [3.05, 3.63) is 35.4 Å². The number of hydrogen-bond donors (Lipinski definition) is 1. The summed E-state index contributed by atoms with van der Waals surface area (Å²) in [5.41, 5.74) is 2.38.